The third-order valence-electron chi connectivity index (χ3n) is 3.12. The fourth-order valence-electron chi connectivity index (χ4n) is 2.18. The van der Waals surface area contributed by atoms with Gasteiger partial charge in [0.15, 0.2) is 0 Å². The third kappa shape index (κ3) is 2.40. The Morgan fingerprint density at radius 3 is 2.36 bits per heavy atom. The van der Waals surface area contributed by atoms with Crippen LogP contribution in [0.4, 0.5) is 13.2 Å². The van der Waals surface area contributed by atoms with Crippen LogP contribution in [0.25, 0.3) is 16.7 Å². The molecular formula is C15H7ClF3N3. The molecule has 0 saturated heterocycles. The van der Waals surface area contributed by atoms with E-state index in [0.29, 0.717) is 10.6 Å². The van der Waals surface area contributed by atoms with Crippen molar-refractivity contribution in [1.29, 1.82) is 5.26 Å². The fraction of sp³-hybridized carbons (Fsp3) is 0.0667. The van der Waals surface area contributed by atoms with E-state index in [9.17, 15) is 13.2 Å². The Morgan fingerprint density at radius 1 is 1.09 bits per heavy atom. The van der Waals surface area contributed by atoms with Crippen molar-refractivity contribution < 1.29 is 13.2 Å². The maximum atomic E-state index is 13.2. The summed E-state index contributed by atoms with van der Waals surface area (Å²) in [5.41, 5.74) is 1.07. The Kier molecular flexibility index (Phi) is 3.30. The largest absolute Gasteiger partial charge is 0.450 e. The van der Waals surface area contributed by atoms with Gasteiger partial charge in [0.25, 0.3) is 0 Å². The molecule has 1 heterocycles. The molecule has 0 saturated carbocycles. The molecule has 0 atom stereocenters. The van der Waals surface area contributed by atoms with Crippen LogP contribution in [0, 0.1) is 11.3 Å². The van der Waals surface area contributed by atoms with Crippen molar-refractivity contribution in [1.82, 2.24) is 9.55 Å². The van der Waals surface area contributed by atoms with Gasteiger partial charge in [-0.15, -0.1) is 0 Å². The molecule has 0 fully saturated rings. The summed E-state index contributed by atoms with van der Waals surface area (Å²) in [6, 6.07) is 12.1. The second-order valence-corrected chi connectivity index (χ2v) is 5.00. The number of fused-ring (bicyclic) bond motifs is 1. The lowest BCUT2D eigenvalue weighted by atomic mass is 10.2. The van der Waals surface area contributed by atoms with Gasteiger partial charge in [-0.3, -0.25) is 4.57 Å². The first-order chi connectivity index (χ1) is 10.4. The van der Waals surface area contributed by atoms with Gasteiger partial charge in [-0.2, -0.15) is 18.4 Å². The first-order valence-corrected chi connectivity index (χ1v) is 6.53. The van der Waals surface area contributed by atoms with Crippen LogP contribution in [-0.4, -0.2) is 9.55 Å². The van der Waals surface area contributed by atoms with E-state index >= 15 is 0 Å². The highest BCUT2D eigenvalue weighted by Crippen LogP contribution is 2.34. The molecule has 0 spiro atoms. The predicted molar refractivity (Wildman–Crippen MR) is 75.8 cm³/mol. The summed E-state index contributed by atoms with van der Waals surface area (Å²) < 4.78 is 40.7. The fourth-order valence-corrected chi connectivity index (χ4v) is 2.35. The van der Waals surface area contributed by atoms with Crippen LogP contribution in [0.3, 0.4) is 0 Å². The van der Waals surface area contributed by atoms with Crippen LogP contribution in [0.5, 0.6) is 0 Å². The molecule has 1 aromatic heterocycles. The van der Waals surface area contributed by atoms with Crippen molar-refractivity contribution in [3.8, 4) is 11.8 Å². The summed E-state index contributed by atoms with van der Waals surface area (Å²) in [5.74, 6) is -1.03. The average Bonchev–Trinajstić information content (AvgIpc) is 2.86. The topological polar surface area (TPSA) is 41.6 Å². The van der Waals surface area contributed by atoms with E-state index in [1.165, 1.54) is 42.5 Å². The zero-order valence-electron chi connectivity index (χ0n) is 10.9. The lowest BCUT2D eigenvalue weighted by molar-refractivity contribution is -0.145. The summed E-state index contributed by atoms with van der Waals surface area (Å²) in [4.78, 5) is 3.66. The average molecular weight is 322 g/mol. The number of aromatic nitrogens is 2. The second-order valence-electron chi connectivity index (χ2n) is 4.56. The maximum absolute atomic E-state index is 13.2. The summed E-state index contributed by atoms with van der Waals surface area (Å²) in [6.07, 6.45) is -4.61. The smallest absolute Gasteiger partial charge is 0.289 e. The molecule has 0 unspecified atom stereocenters. The minimum atomic E-state index is -4.61. The van der Waals surface area contributed by atoms with Crippen molar-refractivity contribution in [3.05, 3.63) is 58.9 Å². The molecule has 0 aliphatic heterocycles. The number of benzene rings is 2. The van der Waals surface area contributed by atoms with E-state index in [0.717, 1.165) is 4.57 Å². The number of halogens is 4. The predicted octanol–water partition coefficient (Wildman–Crippen LogP) is 4.57. The minimum absolute atomic E-state index is 0.195. The summed E-state index contributed by atoms with van der Waals surface area (Å²) in [7, 11) is 0. The molecular weight excluding hydrogens is 315 g/mol. The van der Waals surface area contributed by atoms with Crippen LogP contribution < -0.4 is 0 Å². The number of rotatable bonds is 1. The van der Waals surface area contributed by atoms with Crippen molar-refractivity contribution in [2.24, 2.45) is 0 Å². The van der Waals surface area contributed by atoms with Crippen molar-refractivity contribution >= 4 is 22.6 Å². The van der Waals surface area contributed by atoms with Gasteiger partial charge in [-0.25, -0.2) is 4.98 Å². The van der Waals surface area contributed by atoms with Gasteiger partial charge in [-0.05, 0) is 42.5 Å². The molecule has 3 nitrogen and oxygen atoms in total. The second kappa shape index (κ2) is 5.04. The number of alkyl halides is 3. The van der Waals surface area contributed by atoms with E-state index in [1.807, 2.05) is 6.07 Å². The van der Waals surface area contributed by atoms with Crippen LogP contribution in [0.2, 0.25) is 5.02 Å². The number of nitrogens with zero attached hydrogens (tertiary/aromatic N) is 3. The highest BCUT2D eigenvalue weighted by molar-refractivity contribution is 6.31. The van der Waals surface area contributed by atoms with Crippen molar-refractivity contribution in [2.45, 2.75) is 6.18 Å². The highest BCUT2D eigenvalue weighted by Gasteiger charge is 2.38. The molecule has 0 bridgehead atoms. The minimum Gasteiger partial charge on any atom is -0.289 e. The SMILES string of the molecule is N#Cc1ccc(-n2c(C(F)(F)F)nc3ccc(Cl)cc32)cc1. The van der Waals surface area contributed by atoms with E-state index in [4.69, 9.17) is 16.9 Å². The normalized spacial score (nSPS) is 11.6. The summed E-state index contributed by atoms with van der Waals surface area (Å²) in [5, 5.41) is 9.10. The Morgan fingerprint density at radius 2 is 1.77 bits per heavy atom. The lowest BCUT2D eigenvalue weighted by Crippen LogP contribution is -2.13. The van der Waals surface area contributed by atoms with Gasteiger partial charge in [0, 0.05) is 10.7 Å². The molecule has 7 heteroatoms. The quantitative estimate of drug-likeness (QED) is 0.659. The van der Waals surface area contributed by atoms with E-state index in [2.05, 4.69) is 4.98 Å². The summed E-state index contributed by atoms with van der Waals surface area (Å²) in [6.45, 7) is 0. The maximum Gasteiger partial charge on any atom is 0.450 e. The van der Waals surface area contributed by atoms with Gasteiger partial charge in [0.05, 0.1) is 22.7 Å². The third-order valence-corrected chi connectivity index (χ3v) is 3.36. The lowest BCUT2D eigenvalue weighted by Gasteiger charge is -2.11. The molecule has 0 N–H and O–H groups in total. The molecule has 3 rings (SSSR count). The first-order valence-electron chi connectivity index (χ1n) is 6.16. The first kappa shape index (κ1) is 14.4. The van der Waals surface area contributed by atoms with E-state index in [-0.39, 0.29) is 16.7 Å². The van der Waals surface area contributed by atoms with Gasteiger partial charge >= 0.3 is 6.18 Å². The van der Waals surface area contributed by atoms with Gasteiger partial charge < -0.3 is 0 Å². The van der Waals surface area contributed by atoms with Crippen molar-refractivity contribution in [2.75, 3.05) is 0 Å². The van der Waals surface area contributed by atoms with Crippen LogP contribution >= 0.6 is 11.6 Å². The van der Waals surface area contributed by atoms with Crippen molar-refractivity contribution in [3.63, 3.8) is 0 Å². The van der Waals surface area contributed by atoms with Gasteiger partial charge in [-0.1, -0.05) is 11.6 Å². The number of hydrogen-bond donors (Lipinski definition) is 0. The number of nitriles is 1. The molecule has 3 aromatic rings. The van der Waals surface area contributed by atoms with Gasteiger partial charge in [0.2, 0.25) is 5.82 Å². The Labute approximate surface area is 128 Å². The van der Waals surface area contributed by atoms with Crippen LogP contribution in [0.15, 0.2) is 42.5 Å². The highest BCUT2D eigenvalue weighted by atomic mass is 35.5. The summed E-state index contributed by atoms with van der Waals surface area (Å²) >= 11 is 5.88. The molecule has 22 heavy (non-hydrogen) atoms. The number of imidazole rings is 1. The van der Waals surface area contributed by atoms with Crippen LogP contribution in [0.1, 0.15) is 11.4 Å². The Bertz CT molecular complexity index is 889. The Hall–Kier alpha value is -2.52. The zero-order valence-corrected chi connectivity index (χ0v) is 11.7. The van der Waals surface area contributed by atoms with E-state index in [1.54, 1.807) is 0 Å². The van der Waals surface area contributed by atoms with E-state index < -0.39 is 12.0 Å². The molecule has 0 amide bonds. The molecule has 2 aromatic carbocycles. The standard InChI is InChI=1S/C15H7ClF3N3/c16-10-3-6-12-13(7-10)22(14(21-12)15(17,18)19)11-4-1-9(8-20)2-5-11/h1-7H. The molecule has 0 radical (unpaired) electrons. The molecule has 0 aliphatic rings. The van der Waals surface area contributed by atoms with Crippen LogP contribution in [-0.2, 0) is 6.18 Å². The monoisotopic (exact) mass is 321 g/mol. The van der Waals surface area contributed by atoms with Gasteiger partial charge in [0.1, 0.15) is 0 Å². The molecule has 0 aliphatic carbocycles. The number of hydrogen-bond acceptors (Lipinski definition) is 2. The Balaban J connectivity index is 2.33. The molecule has 110 valence electrons. The zero-order chi connectivity index (χ0) is 15.9.